The minimum absolute atomic E-state index is 0.0486. The number of esters is 2. The van der Waals surface area contributed by atoms with Crippen LogP contribution >= 0.6 is 0 Å². The van der Waals surface area contributed by atoms with Crippen molar-refractivity contribution in [2.75, 3.05) is 26.4 Å². The van der Waals surface area contributed by atoms with Crippen molar-refractivity contribution in [2.24, 2.45) is 11.8 Å². The summed E-state index contributed by atoms with van der Waals surface area (Å²) in [6, 6.07) is 0.0973. The molecule has 0 bridgehead atoms. The Balaban J connectivity index is 1.11. The summed E-state index contributed by atoms with van der Waals surface area (Å²) in [5.41, 5.74) is 0. The van der Waals surface area contributed by atoms with Crippen molar-refractivity contribution in [3.05, 3.63) is 25.3 Å². The van der Waals surface area contributed by atoms with E-state index >= 15 is 0 Å². The number of alkyl carbamates (subject to hydrolysis) is 2. The highest BCUT2D eigenvalue weighted by atomic mass is 16.6. The number of hydrogen-bond donors (Lipinski definition) is 2. The summed E-state index contributed by atoms with van der Waals surface area (Å²) in [5.74, 6) is 0.0992. The Bertz CT molecular complexity index is 1010. The minimum atomic E-state index is -0.678. The first-order valence-electron chi connectivity index (χ1n) is 19.6. The second kappa shape index (κ2) is 22.7. The molecule has 4 saturated carbocycles. The molecule has 2 atom stereocenters. The van der Waals surface area contributed by atoms with Gasteiger partial charge in [-0.3, -0.25) is 0 Å². The van der Waals surface area contributed by atoms with E-state index in [2.05, 4.69) is 23.8 Å². The number of carbonyl (C=O) groups excluding carboxylic acids is 4. The van der Waals surface area contributed by atoms with E-state index in [0.717, 1.165) is 121 Å². The largest absolute Gasteiger partial charge is 0.458 e. The standard InChI is InChI=1S/C39H62N2O10/c1-3-36(42)48-26-34(24-46-32-11-7-5-8-12-32)50-38(44)40-30-19-15-28(16-20-30)23-29-17-21-31(22-18-29)41-39(45)51-35(27-49-37(43)4-2)25-47-33-13-9-6-10-14-33/h3-4,28-35H,1-2,5-27H2,(H,40,44)(H,41,45). The topological polar surface area (TPSA) is 148 Å². The van der Waals surface area contributed by atoms with E-state index in [-0.39, 0.29) is 50.7 Å². The lowest BCUT2D eigenvalue weighted by Gasteiger charge is -2.34. The molecule has 0 aromatic heterocycles. The Morgan fingerprint density at radius 3 is 1.25 bits per heavy atom. The second-order valence-corrected chi connectivity index (χ2v) is 14.9. The lowest BCUT2D eigenvalue weighted by Crippen LogP contribution is -2.42. The Kier molecular flexibility index (Phi) is 18.1. The van der Waals surface area contributed by atoms with Crippen LogP contribution < -0.4 is 10.6 Å². The summed E-state index contributed by atoms with van der Waals surface area (Å²) in [6.45, 7) is 7.10. The first-order chi connectivity index (χ1) is 24.8. The summed E-state index contributed by atoms with van der Waals surface area (Å²) in [4.78, 5) is 48.9. The maximum Gasteiger partial charge on any atom is 0.407 e. The number of hydrogen-bond acceptors (Lipinski definition) is 10. The van der Waals surface area contributed by atoms with Gasteiger partial charge in [-0.2, -0.15) is 0 Å². The van der Waals surface area contributed by atoms with Crippen LogP contribution in [0.4, 0.5) is 9.59 Å². The van der Waals surface area contributed by atoms with Crippen molar-refractivity contribution in [2.45, 2.75) is 158 Å². The Morgan fingerprint density at radius 2 is 0.902 bits per heavy atom. The lowest BCUT2D eigenvalue weighted by atomic mass is 9.76. The molecule has 12 heteroatoms. The average Bonchev–Trinajstić information content (AvgIpc) is 3.15. The minimum Gasteiger partial charge on any atom is -0.458 e. The number of nitrogens with one attached hydrogen (secondary N) is 2. The Hall–Kier alpha value is -3.12. The van der Waals surface area contributed by atoms with Crippen LogP contribution in [0.15, 0.2) is 25.3 Å². The molecule has 0 aromatic carbocycles. The fourth-order valence-corrected chi connectivity index (χ4v) is 7.91. The van der Waals surface area contributed by atoms with Gasteiger partial charge in [0.05, 0.1) is 25.4 Å². The fourth-order valence-electron chi connectivity index (χ4n) is 7.91. The van der Waals surface area contributed by atoms with E-state index in [4.69, 9.17) is 28.4 Å². The fraction of sp³-hybridized carbons (Fsp3) is 0.795. The molecule has 2 unspecified atom stereocenters. The molecular weight excluding hydrogens is 656 g/mol. The zero-order valence-electron chi connectivity index (χ0n) is 30.5. The molecule has 4 fully saturated rings. The maximum absolute atomic E-state index is 12.8. The summed E-state index contributed by atoms with van der Waals surface area (Å²) in [6.07, 6.45) is 20.0. The van der Waals surface area contributed by atoms with Crippen LogP contribution in [0.2, 0.25) is 0 Å². The summed E-state index contributed by atoms with van der Waals surface area (Å²) in [7, 11) is 0. The van der Waals surface area contributed by atoms with Gasteiger partial charge < -0.3 is 39.1 Å². The number of rotatable bonds is 18. The third-order valence-corrected chi connectivity index (χ3v) is 10.8. The van der Waals surface area contributed by atoms with Crippen LogP contribution in [0.25, 0.3) is 0 Å². The molecule has 2 N–H and O–H groups in total. The van der Waals surface area contributed by atoms with E-state index in [9.17, 15) is 19.2 Å². The van der Waals surface area contributed by atoms with Gasteiger partial charge in [-0.15, -0.1) is 0 Å². The molecule has 2 amide bonds. The molecule has 4 aliphatic carbocycles. The molecule has 0 radical (unpaired) electrons. The van der Waals surface area contributed by atoms with Gasteiger partial charge in [-0.1, -0.05) is 51.7 Å². The van der Waals surface area contributed by atoms with Crippen molar-refractivity contribution in [3.63, 3.8) is 0 Å². The van der Waals surface area contributed by atoms with E-state index in [0.29, 0.717) is 11.8 Å². The third-order valence-electron chi connectivity index (χ3n) is 10.8. The van der Waals surface area contributed by atoms with Crippen LogP contribution in [0.5, 0.6) is 0 Å². The highest BCUT2D eigenvalue weighted by Gasteiger charge is 2.30. The zero-order valence-corrected chi connectivity index (χ0v) is 30.5. The molecule has 12 nitrogen and oxygen atoms in total. The third kappa shape index (κ3) is 16.0. The first-order valence-corrected chi connectivity index (χ1v) is 19.6. The number of carbonyl (C=O) groups is 4. The molecule has 0 aromatic rings. The quantitative estimate of drug-likeness (QED) is 0.0877. The van der Waals surface area contributed by atoms with Crippen molar-refractivity contribution in [1.29, 1.82) is 0 Å². The van der Waals surface area contributed by atoms with Gasteiger partial charge in [0.15, 0.2) is 12.2 Å². The maximum atomic E-state index is 12.8. The molecule has 51 heavy (non-hydrogen) atoms. The van der Waals surface area contributed by atoms with Crippen molar-refractivity contribution >= 4 is 24.1 Å². The van der Waals surface area contributed by atoms with Crippen molar-refractivity contribution < 1.29 is 47.6 Å². The Labute approximate surface area is 304 Å². The van der Waals surface area contributed by atoms with Gasteiger partial charge in [0.1, 0.15) is 13.2 Å². The predicted molar refractivity (Wildman–Crippen MR) is 191 cm³/mol. The van der Waals surface area contributed by atoms with Crippen LogP contribution in [0.1, 0.15) is 122 Å². The SMILES string of the molecule is C=CC(=O)OCC(COC1CCCCC1)OC(=O)NC1CCC(CC2CCC(NC(=O)OC(COC(=O)C=C)COC3CCCCC3)CC2)CC1. The highest BCUT2D eigenvalue weighted by Crippen LogP contribution is 2.35. The van der Waals surface area contributed by atoms with Crippen LogP contribution in [-0.2, 0) is 38.0 Å². The first kappa shape index (κ1) is 40.6. The zero-order chi connectivity index (χ0) is 36.3. The molecule has 0 saturated heterocycles. The Morgan fingerprint density at radius 1 is 0.529 bits per heavy atom. The van der Waals surface area contributed by atoms with Crippen LogP contribution in [0, 0.1) is 11.8 Å². The van der Waals surface area contributed by atoms with E-state index in [1.54, 1.807) is 0 Å². The number of amides is 2. The van der Waals surface area contributed by atoms with E-state index in [1.807, 2.05) is 0 Å². The molecule has 4 rings (SSSR count). The monoisotopic (exact) mass is 718 g/mol. The van der Waals surface area contributed by atoms with Crippen LogP contribution in [0.3, 0.4) is 0 Å². The van der Waals surface area contributed by atoms with Crippen molar-refractivity contribution in [1.82, 2.24) is 10.6 Å². The predicted octanol–water partition coefficient (Wildman–Crippen LogP) is 6.84. The van der Waals surface area contributed by atoms with Gasteiger partial charge >= 0.3 is 24.1 Å². The second-order valence-electron chi connectivity index (χ2n) is 14.9. The molecule has 0 aliphatic heterocycles. The van der Waals surface area contributed by atoms with Gasteiger partial charge in [0.2, 0.25) is 0 Å². The summed E-state index contributed by atoms with van der Waals surface area (Å²) in [5, 5.41) is 6.05. The molecule has 4 aliphatic rings. The van der Waals surface area contributed by atoms with E-state index < -0.39 is 36.3 Å². The summed E-state index contributed by atoms with van der Waals surface area (Å²) < 4.78 is 33.7. The molecule has 0 heterocycles. The lowest BCUT2D eigenvalue weighted by molar-refractivity contribution is -0.143. The van der Waals surface area contributed by atoms with E-state index in [1.165, 1.54) is 12.8 Å². The highest BCUT2D eigenvalue weighted by molar-refractivity contribution is 5.81. The van der Waals surface area contributed by atoms with Crippen molar-refractivity contribution in [3.8, 4) is 0 Å². The van der Waals surface area contributed by atoms with Gasteiger partial charge in [-0.25, -0.2) is 19.2 Å². The molecule has 288 valence electrons. The van der Waals surface area contributed by atoms with Gasteiger partial charge in [-0.05, 0) is 95.3 Å². The van der Waals surface area contributed by atoms with Crippen LogP contribution in [-0.4, -0.2) is 87.1 Å². The molecular formula is C39H62N2O10. The average molecular weight is 719 g/mol. The smallest absolute Gasteiger partial charge is 0.407 e. The molecule has 0 spiro atoms. The summed E-state index contributed by atoms with van der Waals surface area (Å²) >= 11 is 0. The number of ether oxygens (including phenoxy) is 6. The normalized spacial score (nSPS) is 25.7. The van der Waals surface area contributed by atoms with Gasteiger partial charge in [0, 0.05) is 24.2 Å². The van der Waals surface area contributed by atoms with Gasteiger partial charge in [0.25, 0.3) is 0 Å².